The number of para-hydroxylation sites is 2. The maximum atomic E-state index is 13.5. The number of methoxy groups -OCH3 is 1. The molecule has 0 spiro atoms. The van der Waals surface area contributed by atoms with E-state index in [-0.39, 0.29) is 18.4 Å². The lowest BCUT2D eigenvalue weighted by atomic mass is 10.1. The molecule has 3 aromatic carbocycles. The molecule has 43 heavy (non-hydrogen) atoms. The van der Waals surface area contributed by atoms with E-state index in [4.69, 9.17) is 25.8 Å². The first-order chi connectivity index (χ1) is 21.0. The largest absolute Gasteiger partial charge is 0.495 e. The van der Waals surface area contributed by atoms with Gasteiger partial charge in [-0.2, -0.15) is 0 Å². The maximum absolute atomic E-state index is 13.5. The normalized spacial score (nSPS) is 15.6. The Balaban J connectivity index is 1.26. The lowest BCUT2D eigenvalue weighted by Crippen LogP contribution is -2.47. The Morgan fingerprint density at radius 3 is 2.30 bits per heavy atom. The van der Waals surface area contributed by atoms with Crippen LogP contribution in [0.5, 0.6) is 11.5 Å². The van der Waals surface area contributed by atoms with Gasteiger partial charge in [0, 0.05) is 68.8 Å². The van der Waals surface area contributed by atoms with Crippen molar-refractivity contribution >= 4 is 40.5 Å². The smallest absolute Gasteiger partial charge is 0.262 e. The second kappa shape index (κ2) is 15.0. The van der Waals surface area contributed by atoms with Gasteiger partial charge < -0.3 is 34.6 Å². The molecule has 2 saturated heterocycles. The molecule has 3 aromatic rings. The summed E-state index contributed by atoms with van der Waals surface area (Å²) >= 11 is 5.92. The van der Waals surface area contributed by atoms with Gasteiger partial charge in [-0.3, -0.25) is 14.5 Å². The Hall–Kier alpha value is -3.99. The molecule has 2 fully saturated rings. The molecular weight excluding hydrogens is 570 g/mol. The highest BCUT2D eigenvalue weighted by molar-refractivity contribution is 6.30. The van der Waals surface area contributed by atoms with E-state index in [0.717, 1.165) is 62.9 Å². The number of hydrogen-bond donors (Lipinski definition) is 2. The first-order valence-corrected chi connectivity index (χ1v) is 14.9. The van der Waals surface area contributed by atoms with Gasteiger partial charge >= 0.3 is 0 Å². The SMILES string of the molecule is COc1ccccc1N1CCN(c2ccc(NC(=O)COc3ccc(Cl)cc3)cc2C(=O)NCCN2CCOCC2)CC1. The number of hydrogen-bond acceptors (Lipinski definition) is 8. The minimum absolute atomic E-state index is 0.171. The Bertz CT molecular complexity index is 1370. The minimum Gasteiger partial charge on any atom is -0.495 e. The summed E-state index contributed by atoms with van der Waals surface area (Å²) in [5.41, 5.74) is 2.94. The van der Waals surface area contributed by atoms with E-state index < -0.39 is 0 Å². The molecule has 0 aliphatic carbocycles. The summed E-state index contributed by atoms with van der Waals surface area (Å²) in [5.74, 6) is 0.884. The van der Waals surface area contributed by atoms with Gasteiger partial charge in [0.2, 0.25) is 0 Å². The van der Waals surface area contributed by atoms with E-state index in [9.17, 15) is 9.59 Å². The molecule has 0 radical (unpaired) electrons. The van der Waals surface area contributed by atoms with E-state index in [1.165, 1.54) is 0 Å². The molecule has 0 unspecified atom stereocenters. The number of piperazine rings is 1. The van der Waals surface area contributed by atoms with Crippen molar-refractivity contribution in [2.45, 2.75) is 0 Å². The third-order valence-corrected chi connectivity index (χ3v) is 7.82. The lowest BCUT2D eigenvalue weighted by Gasteiger charge is -2.38. The monoisotopic (exact) mass is 607 g/mol. The predicted molar refractivity (Wildman–Crippen MR) is 169 cm³/mol. The Labute approximate surface area is 257 Å². The lowest BCUT2D eigenvalue weighted by molar-refractivity contribution is -0.118. The van der Waals surface area contributed by atoms with Gasteiger partial charge in [0.05, 0.1) is 31.6 Å². The molecule has 2 aliphatic rings. The standard InChI is InChI=1S/C32H38ClN5O5/c1-41-30-5-3-2-4-29(30)38-16-14-37(15-17-38)28-11-8-25(35-31(39)23-43-26-9-6-24(33)7-10-26)22-27(28)32(40)34-12-13-36-18-20-42-21-19-36/h2-11,22H,12-21,23H2,1H3,(H,34,40)(H,35,39). The van der Waals surface area contributed by atoms with Crippen LogP contribution >= 0.6 is 11.6 Å². The summed E-state index contributed by atoms with van der Waals surface area (Å²) in [7, 11) is 1.68. The zero-order valence-corrected chi connectivity index (χ0v) is 25.1. The number of nitrogens with zero attached hydrogens (tertiary/aromatic N) is 3. The highest BCUT2D eigenvalue weighted by atomic mass is 35.5. The number of benzene rings is 3. The fraction of sp³-hybridized carbons (Fsp3) is 0.375. The van der Waals surface area contributed by atoms with Crippen LogP contribution in [0.2, 0.25) is 5.02 Å². The maximum Gasteiger partial charge on any atom is 0.262 e. The number of halogens is 1. The number of amides is 2. The number of carbonyl (C=O) groups excluding carboxylic acids is 2. The molecule has 11 heteroatoms. The zero-order chi connectivity index (χ0) is 30.0. The van der Waals surface area contributed by atoms with Crippen molar-refractivity contribution in [3.05, 3.63) is 77.3 Å². The second-order valence-electron chi connectivity index (χ2n) is 10.4. The highest BCUT2D eigenvalue weighted by Gasteiger charge is 2.24. The molecule has 0 bridgehead atoms. The molecule has 0 saturated carbocycles. The van der Waals surface area contributed by atoms with E-state index >= 15 is 0 Å². The quantitative estimate of drug-likeness (QED) is 0.340. The van der Waals surface area contributed by atoms with Gasteiger partial charge in [0.25, 0.3) is 11.8 Å². The molecule has 10 nitrogen and oxygen atoms in total. The molecule has 2 heterocycles. The van der Waals surface area contributed by atoms with Crippen molar-refractivity contribution in [2.24, 2.45) is 0 Å². The number of ether oxygens (including phenoxy) is 3. The summed E-state index contributed by atoms with van der Waals surface area (Å²) in [6.45, 7) is 7.25. The van der Waals surface area contributed by atoms with Crippen molar-refractivity contribution in [1.29, 1.82) is 0 Å². The fourth-order valence-electron chi connectivity index (χ4n) is 5.28. The Kier molecular flexibility index (Phi) is 10.6. The Morgan fingerprint density at radius 1 is 0.884 bits per heavy atom. The first kappa shape index (κ1) is 30.5. The number of anilines is 3. The van der Waals surface area contributed by atoms with Crippen LogP contribution in [0, 0.1) is 0 Å². The van der Waals surface area contributed by atoms with Crippen LogP contribution in [-0.2, 0) is 9.53 Å². The Morgan fingerprint density at radius 2 is 1.58 bits per heavy atom. The van der Waals surface area contributed by atoms with Crippen molar-refractivity contribution in [3.8, 4) is 11.5 Å². The van der Waals surface area contributed by atoms with Gasteiger partial charge in [-0.05, 0) is 54.6 Å². The summed E-state index contributed by atoms with van der Waals surface area (Å²) in [6, 6.07) is 20.3. The van der Waals surface area contributed by atoms with Crippen LogP contribution in [-0.4, -0.2) is 96.0 Å². The molecule has 2 aliphatic heterocycles. The summed E-state index contributed by atoms with van der Waals surface area (Å²) in [5, 5.41) is 6.54. The van der Waals surface area contributed by atoms with Crippen LogP contribution in [0.1, 0.15) is 10.4 Å². The predicted octanol–water partition coefficient (Wildman–Crippen LogP) is 3.75. The summed E-state index contributed by atoms with van der Waals surface area (Å²) < 4.78 is 16.6. The van der Waals surface area contributed by atoms with Crippen LogP contribution in [0.25, 0.3) is 0 Å². The molecule has 0 aromatic heterocycles. The van der Waals surface area contributed by atoms with Crippen molar-refractivity contribution in [2.75, 3.05) is 94.4 Å². The number of carbonyl (C=O) groups is 2. The average Bonchev–Trinajstić information content (AvgIpc) is 3.05. The first-order valence-electron chi connectivity index (χ1n) is 14.5. The summed E-state index contributed by atoms with van der Waals surface area (Å²) in [6.07, 6.45) is 0. The minimum atomic E-state index is -0.327. The molecule has 2 amide bonds. The molecular formula is C32H38ClN5O5. The van der Waals surface area contributed by atoms with Gasteiger partial charge in [-0.15, -0.1) is 0 Å². The van der Waals surface area contributed by atoms with Crippen molar-refractivity contribution < 1.29 is 23.8 Å². The number of morpholine rings is 1. The zero-order valence-electron chi connectivity index (χ0n) is 24.4. The highest BCUT2D eigenvalue weighted by Crippen LogP contribution is 2.31. The van der Waals surface area contributed by atoms with Gasteiger partial charge in [0.1, 0.15) is 11.5 Å². The molecule has 5 rings (SSSR count). The van der Waals surface area contributed by atoms with Crippen molar-refractivity contribution in [3.63, 3.8) is 0 Å². The number of nitrogens with one attached hydrogen (secondary N) is 2. The van der Waals surface area contributed by atoms with E-state index in [2.05, 4.69) is 31.4 Å². The van der Waals surface area contributed by atoms with Gasteiger partial charge in [-0.25, -0.2) is 0 Å². The van der Waals surface area contributed by atoms with E-state index in [1.54, 1.807) is 37.4 Å². The molecule has 228 valence electrons. The third-order valence-electron chi connectivity index (χ3n) is 7.57. The molecule has 0 atom stereocenters. The number of rotatable bonds is 11. The fourth-order valence-corrected chi connectivity index (χ4v) is 5.40. The van der Waals surface area contributed by atoms with Crippen molar-refractivity contribution in [1.82, 2.24) is 10.2 Å². The van der Waals surface area contributed by atoms with E-state index in [0.29, 0.717) is 41.8 Å². The van der Waals surface area contributed by atoms with Gasteiger partial charge in [0.15, 0.2) is 6.61 Å². The van der Waals surface area contributed by atoms with Crippen LogP contribution in [0.15, 0.2) is 66.7 Å². The molecule has 2 N–H and O–H groups in total. The summed E-state index contributed by atoms with van der Waals surface area (Å²) in [4.78, 5) is 33.0. The van der Waals surface area contributed by atoms with Gasteiger partial charge in [-0.1, -0.05) is 23.7 Å². The second-order valence-corrected chi connectivity index (χ2v) is 10.8. The average molecular weight is 608 g/mol. The van der Waals surface area contributed by atoms with Crippen LogP contribution in [0.3, 0.4) is 0 Å². The van der Waals surface area contributed by atoms with E-state index in [1.807, 2.05) is 30.3 Å². The van der Waals surface area contributed by atoms with Crippen LogP contribution < -0.4 is 29.9 Å². The third kappa shape index (κ3) is 8.31. The topological polar surface area (TPSA) is 95.6 Å². The van der Waals surface area contributed by atoms with Crippen LogP contribution in [0.4, 0.5) is 17.1 Å².